The molecule has 0 spiro atoms. The zero-order chi connectivity index (χ0) is 20.9. The molecule has 3 rings (SSSR count). The molecule has 154 valence electrons. The Bertz CT molecular complexity index is 795. The maximum Gasteiger partial charge on any atom is 0.490 e. The predicted octanol–water partition coefficient (Wildman–Crippen LogP) is 2.70. The maximum atomic E-state index is 10.6. The molecule has 7 nitrogen and oxygen atoms in total. The van der Waals surface area contributed by atoms with Gasteiger partial charge in [-0.25, -0.2) is 4.79 Å². The highest BCUT2D eigenvalue weighted by molar-refractivity contribution is 5.73. The van der Waals surface area contributed by atoms with Crippen molar-refractivity contribution >= 4 is 5.97 Å². The average molecular weight is 401 g/mol. The number of aromatic hydroxyl groups is 1. The maximum absolute atomic E-state index is 10.6. The number of aromatic nitrogens is 1. The number of alkyl halides is 3. The molecule has 2 aromatic rings. The van der Waals surface area contributed by atoms with Gasteiger partial charge < -0.3 is 20.1 Å². The summed E-state index contributed by atoms with van der Waals surface area (Å²) < 4.78 is 37.0. The molecule has 0 saturated carbocycles. The molecule has 1 saturated heterocycles. The molecule has 1 aromatic carbocycles. The predicted molar refractivity (Wildman–Crippen MR) is 94.9 cm³/mol. The van der Waals surface area contributed by atoms with Crippen LogP contribution in [0.2, 0.25) is 0 Å². The minimum Gasteiger partial charge on any atom is -0.508 e. The zero-order valence-electron chi connectivity index (χ0n) is 15.5. The Morgan fingerprint density at radius 1 is 1.25 bits per heavy atom. The van der Waals surface area contributed by atoms with Gasteiger partial charge in [0.05, 0.1) is 5.69 Å². The molecule has 28 heavy (non-hydrogen) atoms. The summed E-state index contributed by atoms with van der Waals surface area (Å²) in [6.45, 7) is 8.80. The number of hydrogen-bond acceptors (Lipinski definition) is 6. The van der Waals surface area contributed by atoms with Crippen molar-refractivity contribution in [2.75, 3.05) is 26.2 Å². The molecule has 1 aliphatic heterocycles. The molecule has 0 radical (unpaired) electrons. The Balaban J connectivity index is 0.000000345. The third-order valence-electron chi connectivity index (χ3n) is 4.16. The van der Waals surface area contributed by atoms with Gasteiger partial charge >= 0.3 is 12.1 Å². The van der Waals surface area contributed by atoms with E-state index >= 15 is 0 Å². The monoisotopic (exact) mass is 401 g/mol. The number of halogens is 3. The second-order valence-corrected chi connectivity index (χ2v) is 6.42. The zero-order valence-corrected chi connectivity index (χ0v) is 15.5. The molecule has 1 aliphatic rings. The van der Waals surface area contributed by atoms with Gasteiger partial charge in [-0.1, -0.05) is 5.16 Å². The van der Waals surface area contributed by atoms with E-state index in [1.54, 1.807) is 6.07 Å². The Kier molecular flexibility index (Phi) is 7.03. The van der Waals surface area contributed by atoms with E-state index in [2.05, 4.69) is 21.4 Å². The van der Waals surface area contributed by atoms with Crippen LogP contribution in [0.1, 0.15) is 17.0 Å². The van der Waals surface area contributed by atoms with Crippen LogP contribution in [0.15, 0.2) is 22.7 Å². The number of carboxylic acids is 1. The third kappa shape index (κ3) is 5.96. The quantitative estimate of drug-likeness (QED) is 0.727. The summed E-state index contributed by atoms with van der Waals surface area (Å²) in [6.07, 6.45) is -5.08. The molecular weight excluding hydrogens is 379 g/mol. The number of phenolic OH excluding ortho intramolecular Hbond substituents is 1. The second-order valence-electron chi connectivity index (χ2n) is 6.42. The van der Waals surface area contributed by atoms with Gasteiger partial charge in [-0.2, -0.15) is 13.2 Å². The summed E-state index contributed by atoms with van der Waals surface area (Å²) in [4.78, 5) is 11.3. The van der Waals surface area contributed by atoms with Crippen LogP contribution in [0.3, 0.4) is 0 Å². The van der Waals surface area contributed by atoms with E-state index in [0.717, 1.165) is 60.9 Å². The molecular formula is C18H22F3N3O4. The molecule has 0 amide bonds. The summed E-state index contributed by atoms with van der Waals surface area (Å²) in [5, 5.41) is 24.5. The second kappa shape index (κ2) is 9.07. The van der Waals surface area contributed by atoms with E-state index in [-0.39, 0.29) is 5.75 Å². The van der Waals surface area contributed by atoms with Crippen LogP contribution in [0.25, 0.3) is 11.1 Å². The molecule has 1 fully saturated rings. The lowest BCUT2D eigenvalue weighted by atomic mass is 10.0. The lowest BCUT2D eigenvalue weighted by molar-refractivity contribution is -0.192. The van der Waals surface area contributed by atoms with Crippen molar-refractivity contribution in [3.63, 3.8) is 0 Å². The van der Waals surface area contributed by atoms with E-state index in [1.165, 1.54) is 0 Å². The van der Waals surface area contributed by atoms with Gasteiger partial charge in [0.25, 0.3) is 0 Å². The van der Waals surface area contributed by atoms with Crippen LogP contribution in [0.4, 0.5) is 13.2 Å². The van der Waals surface area contributed by atoms with Crippen LogP contribution in [-0.2, 0) is 11.3 Å². The largest absolute Gasteiger partial charge is 0.508 e. The van der Waals surface area contributed by atoms with Crippen LogP contribution < -0.4 is 5.32 Å². The van der Waals surface area contributed by atoms with Crippen molar-refractivity contribution in [3.05, 3.63) is 35.2 Å². The first-order chi connectivity index (χ1) is 13.1. The number of nitrogens with one attached hydrogen (secondary N) is 1. The molecule has 1 aromatic heterocycles. The number of piperazine rings is 1. The third-order valence-corrected chi connectivity index (χ3v) is 4.16. The number of hydrogen-bond donors (Lipinski definition) is 3. The number of benzene rings is 1. The minimum atomic E-state index is -5.08. The molecule has 0 atom stereocenters. The van der Waals surface area contributed by atoms with E-state index in [0.29, 0.717) is 0 Å². The fourth-order valence-corrected chi connectivity index (χ4v) is 2.93. The Labute approximate surface area is 159 Å². The number of aliphatic carboxylic acids is 1. The smallest absolute Gasteiger partial charge is 0.490 e. The van der Waals surface area contributed by atoms with Crippen molar-refractivity contribution in [2.45, 2.75) is 26.6 Å². The first-order valence-electron chi connectivity index (χ1n) is 8.57. The fourth-order valence-electron chi connectivity index (χ4n) is 2.93. The van der Waals surface area contributed by atoms with Gasteiger partial charge in [0.15, 0.2) is 0 Å². The van der Waals surface area contributed by atoms with Crippen molar-refractivity contribution in [1.29, 1.82) is 0 Å². The lowest BCUT2D eigenvalue weighted by Crippen LogP contribution is -2.42. The molecule has 2 heterocycles. The highest BCUT2D eigenvalue weighted by Gasteiger charge is 2.38. The van der Waals surface area contributed by atoms with E-state index in [9.17, 15) is 18.3 Å². The van der Waals surface area contributed by atoms with Crippen molar-refractivity contribution in [2.24, 2.45) is 0 Å². The van der Waals surface area contributed by atoms with Crippen LogP contribution >= 0.6 is 0 Å². The number of rotatable bonds is 3. The Morgan fingerprint density at radius 2 is 1.86 bits per heavy atom. The molecule has 10 heteroatoms. The van der Waals surface area contributed by atoms with E-state index in [1.807, 2.05) is 19.9 Å². The van der Waals surface area contributed by atoms with Gasteiger partial charge in [0.1, 0.15) is 11.5 Å². The number of nitrogens with zero attached hydrogens (tertiary/aromatic N) is 2. The van der Waals surface area contributed by atoms with Crippen molar-refractivity contribution in [3.8, 4) is 16.9 Å². The normalized spacial score (nSPS) is 15.0. The van der Waals surface area contributed by atoms with Crippen molar-refractivity contribution < 1.29 is 32.7 Å². The number of carboxylic acid groups (broad SMARTS) is 1. The van der Waals surface area contributed by atoms with Crippen molar-refractivity contribution in [1.82, 2.24) is 15.4 Å². The highest BCUT2D eigenvalue weighted by Crippen LogP contribution is 2.31. The fraction of sp³-hybridized carbons (Fsp3) is 0.444. The topological polar surface area (TPSA) is 98.8 Å². The van der Waals surface area contributed by atoms with E-state index in [4.69, 9.17) is 14.4 Å². The van der Waals surface area contributed by atoms with Gasteiger partial charge in [-0.3, -0.25) is 4.90 Å². The molecule has 0 aliphatic carbocycles. The Morgan fingerprint density at radius 3 is 2.36 bits per heavy atom. The summed E-state index contributed by atoms with van der Waals surface area (Å²) in [5.41, 5.74) is 3.92. The summed E-state index contributed by atoms with van der Waals surface area (Å²) >= 11 is 0. The SMILES string of the molecule is Cc1noc(C)c1-c1cc(O)cc(CN2CCNCC2)c1.O=C(O)C(F)(F)F. The van der Waals surface area contributed by atoms with E-state index < -0.39 is 12.1 Å². The lowest BCUT2D eigenvalue weighted by Gasteiger charge is -2.27. The summed E-state index contributed by atoms with van der Waals surface area (Å²) in [7, 11) is 0. The first kappa shape index (κ1) is 21.7. The molecule has 3 N–H and O–H groups in total. The molecule has 0 unspecified atom stereocenters. The van der Waals surface area contributed by atoms with Gasteiger partial charge in [0, 0.05) is 38.3 Å². The van der Waals surface area contributed by atoms with Gasteiger partial charge in [-0.15, -0.1) is 0 Å². The van der Waals surface area contributed by atoms with Crippen LogP contribution in [-0.4, -0.2) is 58.6 Å². The first-order valence-corrected chi connectivity index (χ1v) is 8.57. The standard InChI is InChI=1S/C16H21N3O2.C2HF3O2/c1-11-16(12(2)21-18-11)14-7-13(8-15(20)9-14)10-19-5-3-17-4-6-19;3-2(4,5)1(6)7/h7-9,17,20H,3-6,10H2,1-2H3;(H,6,7). The van der Waals surface area contributed by atoms with Gasteiger partial charge in [0.2, 0.25) is 0 Å². The summed E-state index contributed by atoms with van der Waals surface area (Å²) in [6, 6.07) is 5.73. The number of aryl methyl sites for hydroxylation is 2. The van der Waals surface area contributed by atoms with Gasteiger partial charge in [-0.05, 0) is 43.2 Å². The average Bonchev–Trinajstić information content (AvgIpc) is 2.93. The molecule has 0 bridgehead atoms. The minimum absolute atomic E-state index is 0.289. The van der Waals surface area contributed by atoms with Crippen LogP contribution in [0, 0.1) is 13.8 Å². The summed E-state index contributed by atoms with van der Waals surface area (Å²) in [5.74, 6) is -1.68. The highest BCUT2D eigenvalue weighted by atomic mass is 19.4. The van der Waals surface area contributed by atoms with Crippen LogP contribution in [0.5, 0.6) is 5.75 Å². The number of phenols is 1. The Hall–Kier alpha value is -2.59. The number of carbonyl (C=O) groups is 1.